The van der Waals surface area contributed by atoms with E-state index in [9.17, 15) is 0 Å². The van der Waals surface area contributed by atoms with Crippen LogP contribution in [0.2, 0.25) is 0 Å². The molecular weight excluding hydrogens is 370 g/mol. The summed E-state index contributed by atoms with van der Waals surface area (Å²) in [4.78, 5) is 12.9. The molecule has 29 heavy (non-hydrogen) atoms. The van der Waals surface area contributed by atoms with Crippen molar-refractivity contribution in [2.45, 2.75) is 25.2 Å². The highest BCUT2D eigenvalue weighted by Gasteiger charge is 2.28. The van der Waals surface area contributed by atoms with Crippen LogP contribution in [0.5, 0.6) is 11.6 Å². The Morgan fingerprint density at radius 3 is 2.97 bits per heavy atom. The van der Waals surface area contributed by atoms with E-state index in [1.54, 1.807) is 13.2 Å². The highest BCUT2D eigenvalue weighted by Crippen LogP contribution is 2.33. The molecule has 1 aliphatic heterocycles. The fourth-order valence-corrected chi connectivity index (χ4v) is 3.75. The molecule has 148 valence electrons. The maximum absolute atomic E-state index is 6.22. The molecule has 2 N–H and O–H groups in total. The number of fused-ring (bicyclic) bond motifs is 2. The number of nitrogen functional groups attached to an aromatic ring is 1. The van der Waals surface area contributed by atoms with Crippen LogP contribution in [0.4, 0.5) is 5.82 Å². The second-order valence-corrected chi connectivity index (χ2v) is 7.03. The van der Waals surface area contributed by atoms with Crippen molar-refractivity contribution in [2.75, 3.05) is 19.5 Å². The number of hydrogen-bond acceptors (Lipinski definition) is 7. The number of rotatable bonds is 5. The maximum Gasteiger partial charge on any atom is 0.225 e. The van der Waals surface area contributed by atoms with Gasteiger partial charge in [-0.15, -0.1) is 0 Å². The molecule has 5 rings (SSSR count). The Kier molecular flexibility index (Phi) is 4.40. The van der Waals surface area contributed by atoms with Crippen molar-refractivity contribution in [1.29, 1.82) is 0 Å². The van der Waals surface area contributed by atoms with Gasteiger partial charge in [0.05, 0.1) is 24.1 Å². The van der Waals surface area contributed by atoms with Crippen molar-refractivity contribution in [2.24, 2.45) is 0 Å². The molecular formula is C21H21N5O3. The summed E-state index contributed by atoms with van der Waals surface area (Å²) in [5, 5.41) is 1.90. The lowest BCUT2D eigenvalue weighted by Gasteiger charge is -2.16. The molecule has 2 unspecified atom stereocenters. The first-order valence-electron chi connectivity index (χ1n) is 9.51. The number of nitrogens with zero attached hydrogens (tertiary/aromatic N) is 4. The molecule has 3 aromatic heterocycles. The summed E-state index contributed by atoms with van der Waals surface area (Å²) in [6, 6.07) is 11.5. The fourth-order valence-electron chi connectivity index (χ4n) is 3.75. The molecule has 0 amide bonds. The highest BCUT2D eigenvalue weighted by atomic mass is 16.6. The smallest absolute Gasteiger partial charge is 0.225 e. The largest absolute Gasteiger partial charge is 0.491 e. The summed E-state index contributed by atoms with van der Waals surface area (Å²) in [6.45, 7) is 0.474. The van der Waals surface area contributed by atoms with Gasteiger partial charge in [-0.2, -0.15) is 0 Å². The van der Waals surface area contributed by atoms with E-state index < -0.39 is 0 Å². The van der Waals surface area contributed by atoms with Gasteiger partial charge >= 0.3 is 0 Å². The third kappa shape index (κ3) is 3.31. The second-order valence-electron chi connectivity index (χ2n) is 7.03. The van der Waals surface area contributed by atoms with Crippen LogP contribution in [0, 0.1) is 0 Å². The van der Waals surface area contributed by atoms with Gasteiger partial charge in [0.2, 0.25) is 5.88 Å². The third-order valence-electron chi connectivity index (χ3n) is 5.18. The minimum absolute atomic E-state index is 0.00526. The standard InChI is InChI=1S/C21H21N5O3/c1-27-21-16-8-9-26(20(16)23-12-24-21)19-7-5-15(29-19)11-28-14-4-2-13-3-6-18(22)25-17(13)10-14/h2-4,6,8-10,12,15,19H,5,7,11H2,1H3,(H2,22,25). The Labute approximate surface area is 167 Å². The summed E-state index contributed by atoms with van der Waals surface area (Å²) in [5.74, 6) is 1.82. The van der Waals surface area contributed by atoms with Crippen LogP contribution >= 0.6 is 0 Å². The van der Waals surface area contributed by atoms with Gasteiger partial charge in [0.25, 0.3) is 0 Å². The predicted octanol–water partition coefficient (Wildman–Crippen LogP) is 3.33. The first kappa shape index (κ1) is 17.7. The van der Waals surface area contributed by atoms with E-state index in [1.165, 1.54) is 6.33 Å². The van der Waals surface area contributed by atoms with Crippen LogP contribution in [-0.2, 0) is 4.74 Å². The van der Waals surface area contributed by atoms with Crippen molar-refractivity contribution >= 4 is 27.8 Å². The fraction of sp³-hybridized carbons (Fsp3) is 0.286. The van der Waals surface area contributed by atoms with Gasteiger partial charge in [-0.3, -0.25) is 0 Å². The van der Waals surface area contributed by atoms with E-state index in [0.717, 1.165) is 40.5 Å². The van der Waals surface area contributed by atoms with E-state index in [2.05, 4.69) is 15.0 Å². The Bertz CT molecular complexity index is 1180. The molecule has 0 saturated carbocycles. The summed E-state index contributed by atoms with van der Waals surface area (Å²) in [6.07, 6.45) is 5.19. The Morgan fingerprint density at radius 2 is 2.07 bits per heavy atom. The molecule has 2 atom stereocenters. The third-order valence-corrected chi connectivity index (χ3v) is 5.18. The van der Waals surface area contributed by atoms with Crippen molar-refractivity contribution in [3.05, 3.63) is 48.9 Å². The molecule has 1 fully saturated rings. The summed E-state index contributed by atoms with van der Waals surface area (Å²) in [5.41, 5.74) is 7.40. The number of nitrogens with two attached hydrogens (primary N) is 1. The van der Waals surface area contributed by atoms with E-state index in [1.807, 2.05) is 41.1 Å². The van der Waals surface area contributed by atoms with Crippen LogP contribution < -0.4 is 15.2 Å². The first-order chi connectivity index (χ1) is 14.2. The molecule has 1 aliphatic rings. The Hall–Kier alpha value is -3.39. The molecule has 4 heterocycles. The van der Waals surface area contributed by atoms with Crippen molar-refractivity contribution in [3.8, 4) is 11.6 Å². The molecule has 0 radical (unpaired) electrons. The number of benzene rings is 1. The number of methoxy groups -OCH3 is 1. The minimum Gasteiger partial charge on any atom is -0.491 e. The van der Waals surface area contributed by atoms with Gasteiger partial charge in [-0.25, -0.2) is 15.0 Å². The Balaban J connectivity index is 1.27. The summed E-state index contributed by atoms with van der Waals surface area (Å²) < 4.78 is 19.5. The van der Waals surface area contributed by atoms with Gasteiger partial charge < -0.3 is 24.5 Å². The van der Waals surface area contributed by atoms with Crippen LogP contribution in [0.1, 0.15) is 19.1 Å². The molecule has 8 nitrogen and oxygen atoms in total. The lowest BCUT2D eigenvalue weighted by Crippen LogP contribution is -2.18. The van der Waals surface area contributed by atoms with E-state index in [0.29, 0.717) is 18.3 Å². The maximum atomic E-state index is 6.22. The van der Waals surface area contributed by atoms with Crippen LogP contribution in [-0.4, -0.2) is 39.3 Å². The van der Waals surface area contributed by atoms with Gasteiger partial charge in [0, 0.05) is 17.6 Å². The van der Waals surface area contributed by atoms with Crippen LogP contribution in [0.3, 0.4) is 0 Å². The predicted molar refractivity (Wildman–Crippen MR) is 109 cm³/mol. The summed E-state index contributed by atoms with van der Waals surface area (Å²) >= 11 is 0. The number of hydrogen-bond donors (Lipinski definition) is 1. The molecule has 0 aliphatic carbocycles. The minimum atomic E-state index is -0.0845. The van der Waals surface area contributed by atoms with Crippen molar-refractivity contribution in [1.82, 2.24) is 19.5 Å². The van der Waals surface area contributed by atoms with Crippen molar-refractivity contribution < 1.29 is 14.2 Å². The zero-order valence-corrected chi connectivity index (χ0v) is 16.0. The monoisotopic (exact) mass is 391 g/mol. The van der Waals surface area contributed by atoms with E-state index in [4.69, 9.17) is 19.9 Å². The number of ether oxygens (including phenoxy) is 3. The normalized spacial score (nSPS) is 19.1. The zero-order valence-electron chi connectivity index (χ0n) is 16.0. The highest BCUT2D eigenvalue weighted by molar-refractivity contribution is 5.82. The number of pyridine rings is 1. The van der Waals surface area contributed by atoms with Gasteiger partial charge in [0.1, 0.15) is 36.4 Å². The number of anilines is 1. The lowest BCUT2D eigenvalue weighted by molar-refractivity contribution is -0.0156. The summed E-state index contributed by atoms with van der Waals surface area (Å²) in [7, 11) is 1.61. The van der Waals surface area contributed by atoms with E-state index >= 15 is 0 Å². The first-order valence-corrected chi connectivity index (χ1v) is 9.51. The zero-order chi connectivity index (χ0) is 19.8. The average Bonchev–Trinajstić information content (AvgIpc) is 3.38. The van der Waals surface area contributed by atoms with Gasteiger partial charge in [-0.05, 0) is 43.2 Å². The van der Waals surface area contributed by atoms with Gasteiger partial charge in [-0.1, -0.05) is 0 Å². The van der Waals surface area contributed by atoms with Crippen molar-refractivity contribution in [3.63, 3.8) is 0 Å². The SMILES string of the molecule is COc1ncnc2c1ccn2C1CCC(COc2ccc3ccc(N)nc3c2)O1. The van der Waals surface area contributed by atoms with Crippen LogP contribution in [0.15, 0.2) is 48.9 Å². The molecule has 0 spiro atoms. The van der Waals surface area contributed by atoms with Gasteiger partial charge in [0.15, 0.2) is 0 Å². The number of aromatic nitrogens is 4. The molecule has 4 aromatic rings. The quantitative estimate of drug-likeness (QED) is 0.557. The molecule has 8 heteroatoms. The topological polar surface area (TPSA) is 97.3 Å². The second kappa shape index (κ2) is 7.21. The van der Waals surface area contributed by atoms with Crippen LogP contribution in [0.25, 0.3) is 21.9 Å². The molecule has 1 saturated heterocycles. The Morgan fingerprint density at radius 1 is 1.17 bits per heavy atom. The molecule has 0 bridgehead atoms. The molecule has 1 aromatic carbocycles. The average molecular weight is 391 g/mol. The lowest BCUT2D eigenvalue weighted by atomic mass is 10.2. The van der Waals surface area contributed by atoms with E-state index in [-0.39, 0.29) is 12.3 Å².